The van der Waals surface area contributed by atoms with Gasteiger partial charge in [0, 0.05) is 6.54 Å². The molecule has 0 unspecified atom stereocenters. The highest BCUT2D eigenvalue weighted by molar-refractivity contribution is 5.85. The maximum absolute atomic E-state index is 5.28. The van der Waals surface area contributed by atoms with E-state index >= 15 is 0 Å². The van der Waals surface area contributed by atoms with Gasteiger partial charge >= 0.3 is 0 Å². The first-order chi connectivity index (χ1) is 6.36. The lowest BCUT2D eigenvalue weighted by Crippen LogP contribution is -2.05. The Morgan fingerprint density at radius 2 is 2.29 bits per heavy atom. The molecular weight excluding hydrogens is 198 g/mol. The summed E-state index contributed by atoms with van der Waals surface area (Å²) in [4.78, 5) is 0. The molecule has 0 bridgehead atoms. The lowest BCUT2D eigenvalue weighted by Gasteiger charge is -2.04. The fraction of sp³-hybridized carbons (Fsp3) is 0.273. The predicted octanol–water partition coefficient (Wildman–Crippen LogP) is 1.84. The van der Waals surface area contributed by atoms with Gasteiger partial charge in [-0.2, -0.15) is 0 Å². The zero-order valence-corrected chi connectivity index (χ0v) is 8.93. The number of rotatable bonds is 4. The number of benzene rings is 1. The Hall–Kier alpha value is -1.17. The number of ether oxygens (including phenoxy) is 1. The van der Waals surface area contributed by atoms with Gasteiger partial charge in [-0.3, -0.25) is 0 Å². The lowest BCUT2D eigenvalue weighted by molar-refractivity contribution is 0.370. The van der Waals surface area contributed by atoms with Crippen molar-refractivity contribution in [2.24, 2.45) is 0 Å². The van der Waals surface area contributed by atoms with Gasteiger partial charge in [0.15, 0.2) is 0 Å². The molecule has 2 nitrogen and oxygen atoms in total. The van der Waals surface area contributed by atoms with E-state index in [0.717, 1.165) is 12.3 Å². The minimum atomic E-state index is 0. The fourth-order valence-electron chi connectivity index (χ4n) is 1.07. The third kappa shape index (κ3) is 4.18. The molecule has 0 heterocycles. The van der Waals surface area contributed by atoms with Crippen LogP contribution in [0.3, 0.4) is 0 Å². The van der Waals surface area contributed by atoms with Crippen molar-refractivity contribution < 1.29 is 4.74 Å². The van der Waals surface area contributed by atoms with Gasteiger partial charge in [-0.25, -0.2) is 0 Å². The van der Waals surface area contributed by atoms with E-state index in [4.69, 9.17) is 11.2 Å². The highest BCUT2D eigenvalue weighted by atomic mass is 35.5. The van der Waals surface area contributed by atoms with E-state index < -0.39 is 0 Å². The number of hydrogen-bond acceptors (Lipinski definition) is 2. The third-order valence-electron chi connectivity index (χ3n) is 1.60. The first kappa shape index (κ1) is 12.8. The summed E-state index contributed by atoms with van der Waals surface area (Å²) in [6.07, 6.45) is 5.09. The van der Waals surface area contributed by atoms with Gasteiger partial charge in [0.25, 0.3) is 0 Å². The molecule has 1 rings (SSSR count). The molecule has 1 aromatic rings. The molecule has 76 valence electrons. The van der Waals surface area contributed by atoms with Crippen LogP contribution >= 0.6 is 12.4 Å². The molecule has 0 aliphatic heterocycles. The summed E-state index contributed by atoms with van der Waals surface area (Å²) in [5.41, 5.74) is 1.19. The van der Waals surface area contributed by atoms with Crippen LogP contribution in [0.2, 0.25) is 0 Å². The molecule has 0 spiro atoms. The maximum Gasteiger partial charge on any atom is 0.148 e. The standard InChI is InChI=1S/C11H13NO.ClH/c1-3-7-13-11-6-4-5-10(8-11)9-12-2;/h1,4-6,8,12H,7,9H2,2H3;1H. The van der Waals surface area contributed by atoms with Crippen LogP contribution in [-0.2, 0) is 6.54 Å². The van der Waals surface area contributed by atoms with Crippen molar-refractivity contribution in [3.05, 3.63) is 29.8 Å². The maximum atomic E-state index is 5.28. The Morgan fingerprint density at radius 3 is 2.93 bits per heavy atom. The second-order valence-electron chi connectivity index (χ2n) is 2.67. The van der Waals surface area contributed by atoms with Gasteiger partial charge < -0.3 is 10.1 Å². The molecule has 0 fully saturated rings. The van der Waals surface area contributed by atoms with Crippen LogP contribution in [-0.4, -0.2) is 13.7 Å². The fourth-order valence-corrected chi connectivity index (χ4v) is 1.07. The van der Waals surface area contributed by atoms with Crippen molar-refractivity contribution in [3.8, 4) is 18.1 Å². The smallest absolute Gasteiger partial charge is 0.148 e. The van der Waals surface area contributed by atoms with Crippen molar-refractivity contribution in [1.29, 1.82) is 0 Å². The van der Waals surface area contributed by atoms with Crippen molar-refractivity contribution in [2.45, 2.75) is 6.54 Å². The molecule has 0 aromatic heterocycles. The SMILES string of the molecule is C#CCOc1cccc(CNC)c1.Cl. The molecule has 0 saturated heterocycles. The quantitative estimate of drug-likeness (QED) is 0.768. The third-order valence-corrected chi connectivity index (χ3v) is 1.60. The normalized spacial score (nSPS) is 8.57. The Labute approximate surface area is 91.1 Å². The predicted molar refractivity (Wildman–Crippen MR) is 60.8 cm³/mol. The second-order valence-corrected chi connectivity index (χ2v) is 2.67. The van der Waals surface area contributed by atoms with Crippen molar-refractivity contribution in [3.63, 3.8) is 0 Å². The average Bonchev–Trinajstić information content (AvgIpc) is 2.16. The van der Waals surface area contributed by atoms with Gasteiger partial charge in [-0.1, -0.05) is 18.1 Å². The summed E-state index contributed by atoms with van der Waals surface area (Å²) < 4.78 is 5.28. The van der Waals surface area contributed by atoms with Gasteiger partial charge in [0.2, 0.25) is 0 Å². The van der Waals surface area contributed by atoms with E-state index in [-0.39, 0.29) is 12.4 Å². The molecular formula is C11H14ClNO. The summed E-state index contributed by atoms with van der Waals surface area (Å²) in [7, 11) is 1.91. The Kier molecular flexibility index (Phi) is 6.65. The number of hydrogen-bond donors (Lipinski definition) is 1. The van der Waals surface area contributed by atoms with E-state index in [9.17, 15) is 0 Å². The van der Waals surface area contributed by atoms with Crippen molar-refractivity contribution in [1.82, 2.24) is 5.32 Å². The molecule has 1 N–H and O–H groups in total. The molecule has 0 amide bonds. The highest BCUT2D eigenvalue weighted by Crippen LogP contribution is 2.12. The number of halogens is 1. The number of nitrogens with one attached hydrogen (secondary N) is 1. The summed E-state index contributed by atoms with van der Waals surface area (Å²) in [6, 6.07) is 7.88. The van der Waals surface area contributed by atoms with Crippen LogP contribution in [0.5, 0.6) is 5.75 Å². The Balaban J connectivity index is 0.00000169. The monoisotopic (exact) mass is 211 g/mol. The minimum Gasteiger partial charge on any atom is -0.481 e. The van der Waals surface area contributed by atoms with E-state index in [1.54, 1.807) is 0 Å². The second kappa shape index (κ2) is 7.25. The summed E-state index contributed by atoms with van der Waals surface area (Å²) in [5, 5.41) is 3.07. The van der Waals surface area contributed by atoms with E-state index in [2.05, 4.69) is 11.2 Å². The lowest BCUT2D eigenvalue weighted by atomic mass is 10.2. The summed E-state index contributed by atoms with van der Waals surface area (Å²) in [5.74, 6) is 3.25. The zero-order chi connectivity index (χ0) is 9.52. The van der Waals surface area contributed by atoms with Crippen LogP contribution < -0.4 is 10.1 Å². The molecule has 3 heteroatoms. The van der Waals surface area contributed by atoms with Gasteiger partial charge in [-0.15, -0.1) is 18.8 Å². The van der Waals surface area contributed by atoms with Crippen LogP contribution in [0.4, 0.5) is 0 Å². The molecule has 0 saturated carbocycles. The molecule has 1 aromatic carbocycles. The van der Waals surface area contributed by atoms with Crippen LogP contribution in [0.25, 0.3) is 0 Å². The summed E-state index contributed by atoms with van der Waals surface area (Å²) in [6.45, 7) is 1.16. The van der Waals surface area contributed by atoms with Crippen LogP contribution in [0.1, 0.15) is 5.56 Å². The topological polar surface area (TPSA) is 21.3 Å². The summed E-state index contributed by atoms with van der Waals surface area (Å²) >= 11 is 0. The van der Waals surface area contributed by atoms with Crippen molar-refractivity contribution >= 4 is 12.4 Å². The molecule has 0 radical (unpaired) electrons. The average molecular weight is 212 g/mol. The van der Waals surface area contributed by atoms with Gasteiger partial charge in [0.05, 0.1) is 0 Å². The minimum absolute atomic E-state index is 0. The highest BCUT2D eigenvalue weighted by Gasteiger charge is 1.94. The number of terminal acetylenes is 1. The largest absolute Gasteiger partial charge is 0.481 e. The molecule has 0 aliphatic rings. The van der Waals surface area contributed by atoms with E-state index in [0.29, 0.717) is 6.61 Å². The van der Waals surface area contributed by atoms with Crippen molar-refractivity contribution in [2.75, 3.05) is 13.7 Å². The Bertz CT molecular complexity index is 306. The van der Waals surface area contributed by atoms with E-state index in [1.165, 1.54) is 5.56 Å². The Morgan fingerprint density at radius 1 is 1.50 bits per heavy atom. The van der Waals surface area contributed by atoms with Crippen LogP contribution in [0, 0.1) is 12.3 Å². The van der Waals surface area contributed by atoms with Gasteiger partial charge in [-0.05, 0) is 24.7 Å². The van der Waals surface area contributed by atoms with Crippen LogP contribution in [0.15, 0.2) is 24.3 Å². The molecule has 14 heavy (non-hydrogen) atoms. The molecule has 0 aliphatic carbocycles. The van der Waals surface area contributed by atoms with Gasteiger partial charge in [0.1, 0.15) is 12.4 Å². The first-order valence-corrected chi connectivity index (χ1v) is 4.16. The first-order valence-electron chi connectivity index (χ1n) is 4.16. The zero-order valence-electron chi connectivity index (χ0n) is 8.12. The van der Waals surface area contributed by atoms with E-state index in [1.807, 2.05) is 31.3 Å². The molecule has 0 atom stereocenters.